The third-order valence-electron chi connectivity index (χ3n) is 6.96. The van der Waals surface area contributed by atoms with Gasteiger partial charge < -0.3 is 14.4 Å². The van der Waals surface area contributed by atoms with Gasteiger partial charge in [0.2, 0.25) is 0 Å². The first-order valence-corrected chi connectivity index (χ1v) is 11.8. The van der Waals surface area contributed by atoms with Gasteiger partial charge in [-0.1, -0.05) is 29.8 Å². The van der Waals surface area contributed by atoms with Crippen molar-refractivity contribution in [2.75, 3.05) is 38.6 Å². The van der Waals surface area contributed by atoms with Crippen molar-refractivity contribution < 1.29 is 0 Å². The van der Waals surface area contributed by atoms with Crippen LogP contribution >= 0.6 is 0 Å². The molecule has 0 amide bonds. The number of nitrogens with zero attached hydrogens (tertiary/aromatic N) is 6. The Morgan fingerprint density at radius 1 is 1.03 bits per heavy atom. The van der Waals surface area contributed by atoms with Crippen LogP contribution in [0.1, 0.15) is 17.5 Å². The fourth-order valence-electron chi connectivity index (χ4n) is 5.34. The number of fused-ring (bicyclic) bond motifs is 5. The molecule has 1 fully saturated rings. The Morgan fingerprint density at radius 3 is 2.70 bits per heavy atom. The second-order valence-electron chi connectivity index (χ2n) is 9.78. The topological polar surface area (TPSA) is 42.1 Å². The van der Waals surface area contributed by atoms with Gasteiger partial charge in [0, 0.05) is 43.6 Å². The van der Waals surface area contributed by atoms with Crippen LogP contribution in [0.4, 0.5) is 5.69 Å². The number of aryl methyl sites for hydroxylation is 1. The smallest absolute Gasteiger partial charge is 0.179 e. The Labute approximate surface area is 195 Å². The van der Waals surface area contributed by atoms with Crippen LogP contribution in [0.5, 0.6) is 0 Å². The second-order valence-corrected chi connectivity index (χ2v) is 9.78. The summed E-state index contributed by atoms with van der Waals surface area (Å²) in [6, 6.07) is 17.8. The van der Waals surface area contributed by atoms with E-state index in [2.05, 4.69) is 100 Å². The number of hydrogen-bond acceptors (Lipinski definition) is 4. The van der Waals surface area contributed by atoms with Gasteiger partial charge in [-0.05, 0) is 68.8 Å². The van der Waals surface area contributed by atoms with Crippen LogP contribution in [-0.2, 0) is 6.54 Å². The van der Waals surface area contributed by atoms with E-state index in [-0.39, 0.29) is 0 Å². The molecule has 2 aliphatic rings. The summed E-state index contributed by atoms with van der Waals surface area (Å²) in [6.45, 7) is 6.33. The maximum Gasteiger partial charge on any atom is 0.179 e. The van der Waals surface area contributed by atoms with Crippen molar-refractivity contribution in [1.29, 1.82) is 0 Å². The van der Waals surface area contributed by atoms with Crippen molar-refractivity contribution in [2.24, 2.45) is 5.92 Å². The van der Waals surface area contributed by atoms with E-state index in [0.717, 1.165) is 49.3 Å². The Bertz CT molecular complexity index is 1300. The fourth-order valence-corrected chi connectivity index (χ4v) is 5.34. The van der Waals surface area contributed by atoms with Crippen LogP contribution in [0.15, 0.2) is 61.1 Å². The normalized spacial score (nSPS) is 17.1. The van der Waals surface area contributed by atoms with Crippen molar-refractivity contribution in [3.8, 4) is 28.3 Å². The van der Waals surface area contributed by atoms with Crippen LogP contribution in [0.25, 0.3) is 28.3 Å². The largest absolute Gasteiger partial charge is 0.371 e. The van der Waals surface area contributed by atoms with Crippen LogP contribution < -0.4 is 4.90 Å². The molecule has 1 unspecified atom stereocenters. The molecule has 4 heterocycles. The van der Waals surface area contributed by atoms with Crippen LogP contribution in [-0.4, -0.2) is 58.0 Å². The number of hydrogen-bond donors (Lipinski definition) is 0. The number of rotatable bonds is 4. The third kappa shape index (κ3) is 3.64. The van der Waals surface area contributed by atoms with E-state index in [4.69, 9.17) is 0 Å². The minimum Gasteiger partial charge on any atom is -0.371 e. The molecule has 6 rings (SSSR count). The lowest BCUT2D eigenvalue weighted by atomic mass is 10.1. The molecule has 1 atom stereocenters. The first-order valence-electron chi connectivity index (χ1n) is 11.8. The second kappa shape index (κ2) is 7.89. The Hall–Kier alpha value is -3.38. The molecule has 0 spiro atoms. The van der Waals surface area contributed by atoms with Gasteiger partial charge in [0.05, 0.1) is 11.4 Å². The fraction of sp³-hybridized carbons (Fsp3) is 0.333. The summed E-state index contributed by atoms with van der Waals surface area (Å²) in [7, 11) is 4.33. The predicted octanol–water partition coefficient (Wildman–Crippen LogP) is 4.46. The van der Waals surface area contributed by atoms with E-state index in [1.54, 1.807) is 6.33 Å². The van der Waals surface area contributed by atoms with E-state index >= 15 is 0 Å². The third-order valence-corrected chi connectivity index (χ3v) is 6.96. The molecule has 0 N–H and O–H groups in total. The van der Waals surface area contributed by atoms with E-state index < -0.39 is 0 Å². The monoisotopic (exact) mass is 438 g/mol. The van der Waals surface area contributed by atoms with Gasteiger partial charge in [-0.3, -0.25) is 0 Å². The summed E-state index contributed by atoms with van der Waals surface area (Å²) < 4.78 is 4.32. The summed E-state index contributed by atoms with van der Waals surface area (Å²) in [5, 5.41) is 4.60. The van der Waals surface area contributed by atoms with Gasteiger partial charge in [-0.2, -0.15) is 5.10 Å². The lowest BCUT2D eigenvalue weighted by Gasteiger charge is -2.21. The highest BCUT2D eigenvalue weighted by Crippen LogP contribution is 2.35. The Morgan fingerprint density at radius 2 is 1.88 bits per heavy atom. The van der Waals surface area contributed by atoms with Crippen molar-refractivity contribution in [3.05, 3.63) is 72.2 Å². The molecule has 0 bridgehead atoms. The molecular weight excluding hydrogens is 408 g/mol. The van der Waals surface area contributed by atoms with E-state index in [0.29, 0.717) is 0 Å². The molecule has 2 aliphatic heterocycles. The standard InChI is InChI=1S/C27H30N6/c1-19-4-6-21(7-5-19)22-13-26-27-28-18-29-33(27)25-9-8-24(12-23(25)17-32(26)16-22)31-11-10-20(15-31)14-30(2)3/h4-9,12-13,16,18,20H,10-11,14-15,17H2,1-3H3. The quantitative estimate of drug-likeness (QED) is 0.415. The zero-order valence-electron chi connectivity index (χ0n) is 19.6. The van der Waals surface area contributed by atoms with E-state index in [1.165, 1.54) is 34.4 Å². The van der Waals surface area contributed by atoms with Crippen molar-refractivity contribution in [1.82, 2.24) is 24.2 Å². The molecule has 2 aromatic heterocycles. The molecule has 4 aromatic rings. The number of anilines is 1. The van der Waals surface area contributed by atoms with Gasteiger partial charge >= 0.3 is 0 Å². The van der Waals surface area contributed by atoms with Gasteiger partial charge in [-0.25, -0.2) is 9.67 Å². The highest BCUT2D eigenvalue weighted by Gasteiger charge is 2.26. The lowest BCUT2D eigenvalue weighted by Crippen LogP contribution is -2.25. The number of benzene rings is 2. The molecule has 6 heteroatoms. The zero-order chi connectivity index (χ0) is 22.5. The highest BCUT2D eigenvalue weighted by molar-refractivity contribution is 5.72. The summed E-state index contributed by atoms with van der Waals surface area (Å²) in [4.78, 5) is 9.47. The van der Waals surface area contributed by atoms with E-state index in [1.807, 2.05) is 4.68 Å². The summed E-state index contributed by atoms with van der Waals surface area (Å²) in [5.41, 5.74) is 8.53. The van der Waals surface area contributed by atoms with Crippen molar-refractivity contribution in [2.45, 2.75) is 19.9 Å². The maximum absolute atomic E-state index is 4.63. The summed E-state index contributed by atoms with van der Waals surface area (Å²) in [5.74, 6) is 1.63. The molecule has 6 nitrogen and oxygen atoms in total. The zero-order valence-corrected chi connectivity index (χ0v) is 19.6. The Kier molecular flexibility index (Phi) is 4.84. The molecular formula is C27H30N6. The van der Waals surface area contributed by atoms with Crippen molar-refractivity contribution in [3.63, 3.8) is 0 Å². The average molecular weight is 439 g/mol. The minimum absolute atomic E-state index is 0.730. The summed E-state index contributed by atoms with van der Waals surface area (Å²) >= 11 is 0. The van der Waals surface area contributed by atoms with Gasteiger partial charge in [0.1, 0.15) is 6.33 Å². The van der Waals surface area contributed by atoms with Crippen LogP contribution in [0, 0.1) is 12.8 Å². The molecule has 1 saturated heterocycles. The molecule has 0 aliphatic carbocycles. The minimum atomic E-state index is 0.730. The molecule has 33 heavy (non-hydrogen) atoms. The first-order chi connectivity index (χ1) is 16.0. The van der Waals surface area contributed by atoms with Crippen LogP contribution in [0.2, 0.25) is 0 Å². The van der Waals surface area contributed by atoms with Crippen LogP contribution in [0.3, 0.4) is 0 Å². The maximum atomic E-state index is 4.63. The molecule has 168 valence electrons. The van der Waals surface area contributed by atoms with Gasteiger partial charge in [0.15, 0.2) is 5.82 Å². The number of aromatic nitrogens is 4. The average Bonchev–Trinajstić information content (AvgIpc) is 3.53. The van der Waals surface area contributed by atoms with Crippen molar-refractivity contribution >= 4 is 5.69 Å². The Balaban J connectivity index is 1.37. The lowest BCUT2D eigenvalue weighted by molar-refractivity contribution is 0.340. The van der Waals surface area contributed by atoms with E-state index in [9.17, 15) is 0 Å². The predicted molar refractivity (Wildman–Crippen MR) is 133 cm³/mol. The summed E-state index contributed by atoms with van der Waals surface area (Å²) in [6.07, 6.45) is 5.17. The first kappa shape index (κ1) is 20.2. The molecule has 0 radical (unpaired) electrons. The highest BCUT2D eigenvalue weighted by atomic mass is 15.4. The molecule has 0 saturated carbocycles. The van der Waals surface area contributed by atoms with Gasteiger partial charge in [-0.15, -0.1) is 0 Å². The van der Waals surface area contributed by atoms with Gasteiger partial charge in [0.25, 0.3) is 0 Å². The molecule has 2 aromatic carbocycles. The SMILES string of the molecule is Cc1ccc(-c2cc3n(c2)Cc2cc(N4CCC(CN(C)C)C4)ccc2-n2ncnc2-3)cc1.